The van der Waals surface area contributed by atoms with Crippen molar-refractivity contribution >= 4 is 11.7 Å². The van der Waals surface area contributed by atoms with E-state index in [1.165, 1.54) is 0 Å². The molecule has 1 aromatic heterocycles. The van der Waals surface area contributed by atoms with Crippen LogP contribution in [0.15, 0.2) is 59.2 Å². The van der Waals surface area contributed by atoms with Gasteiger partial charge < -0.3 is 33.5 Å². The Labute approximate surface area is 168 Å². The molecule has 0 radical (unpaired) electrons. The summed E-state index contributed by atoms with van der Waals surface area (Å²) in [4.78, 5) is 11.8. The highest BCUT2D eigenvalue weighted by molar-refractivity contribution is 5.95. The number of carbonyl (C=O) groups is 1. The second-order valence-corrected chi connectivity index (χ2v) is 5.90. The minimum atomic E-state index is -0.376. The third-order valence-corrected chi connectivity index (χ3v) is 3.85. The molecule has 0 aliphatic heterocycles. The Morgan fingerprint density at radius 1 is 1.07 bits per heavy atom. The Morgan fingerprint density at radius 3 is 2.50 bits per heavy atom. The maximum absolute atomic E-state index is 11.8. The van der Waals surface area contributed by atoms with Gasteiger partial charge in [-0.05, 0) is 23.3 Å². The summed E-state index contributed by atoms with van der Waals surface area (Å²) in [6, 6.07) is 18.0. The molecule has 1 amide bonds. The van der Waals surface area contributed by atoms with E-state index in [-0.39, 0.29) is 29.8 Å². The summed E-state index contributed by atoms with van der Waals surface area (Å²) in [6.07, 6.45) is 0. The molecule has 0 unspecified atom stereocenters. The lowest BCUT2D eigenvalue weighted by Gasteiger charge is -2.08. The van der Waals surface area contributed by atoms with E-state index in [0.717, 1.165) is 16.9 Å². The molecule has 0 aliphatic rings. The highest BCUT2D eigenvalue weighted by Gasteiger charge is 2.21. The molecule has 0 atom stereocenters. The lowest BCUT2D eigenvalue weighted by atomic mass is 10.2. The van der Waals surface area contributed by atoms with Crippen molar-refractivity contribution in [2.45, 2.75) is 13.2 Å². The summed E-state index contributed by atoms with van der Waals surface area (Å²) < 4.78 is 10.3. The second kappa shape index (κ2) is 10.9. The van der Waals surface area contributed by atoms with Gasteiger partial charge in [-0.1, -0.05) is 47.6 Å². The topological polar surface area (TPSA) is 117 Å². The quantitative estimate of drug-likeness (QED) is 0.362. The molecule has 3 rings (SSSR count). The largest absolute Gasteiger partial charge is 1.00 e. The summed E-state index contributed by atoms with van der Waals surface area (Å²) in [7, 11) is 0. The zero-order chi connectivity index (χ0) is 18.9. The summed E-state index contributed by atoms with van der Waals surface area (Å²) in [5.74, 6) is 0.561. The molecule has 8 nitrogen and oxygen atoms in total. The first-order chi connectivity index (χ1) is 13.2. The van der Waals surface area contributed by atoms with Crippen LogP contribution in [0.2, 0.25) is 0 Å². The number of nitrogens with zero attached hydrogens (tertiary/aromatic N) is 1. The number of ether oxygens (including phenoxy) is 1. The van der Waals surface area contributed by atoms with Gasteiger partial charge in [-0.25, -0.2) is 0 Å². The van der Waals surface area contributed by atoms with Gasteiger partial charge in [0.2, 0.25) is 0 Å². The molecule has 1 heterocycles. The van der Waals surface area contributed by atoms with Gasteiger partial charge in [0.05, 0.1) is 0 Å². The standard InChI is InChI=1S/C19H21N5O3.ClH/c20-18-17(23-27-24-18)19(25)22-11-10-21-12-14-6-8-16(9-7-14)26-13-15-4-2-1-3-5-15;/h1-9,21H,10-13H2,(H2,20,24)(H,22,25);1H. The van der Waals surface area contributed by atoms with Gasteiger partial charge in [-0.3, -0.25) is 4.79 Å². The number of H-pyrrole nitrogens is 1. The smallest absolute Gasteiger partial charge is 0.322 e. The van der Waals surface area contributed by atoms with Gasteiger partial charge in [-0.15, -0.1) is 4.63 Å². The van der Waals surface area contributed by atoms with Crippen LogP contribution in [0.25, 0.3) is 0 Å². The van der Waals surface area contributed by atoms with E-state index in [4.69, 9.17) is 10.5 Å². The van der Waals surface area contributed by atoms with E-state index in [1.54, 1.807) is 0 Å². The van der Waals surface area contributed by atoms with Crippen LogP contribution in [-0.2, 0) is 13.2 Å². The van der Waals surface area contributed by atoms with Crippen LogP contribution in [0, 0.1) is 0 Å². The lowest BCUT2D eigenvalue weighted by Crippen LogP contribution is -3.00. The van der Waals surface area contributed by atoms with Crippen LogP contribution < -0.4 is 38.7 Å². The van der Waals surface area contributed by atoms with E-state index in [1.807, 2.05) is 54.6 Å². The van der Waals surface area contributed by atoms with Crippen LogP contribution >= 0.6 is 0 Å². The zero-order valence-corrected chi connectivity index (χ0v) is 15.9. The number of hydrogen-bond donors (Lipinski definition) is 3. The highest BCUT2D eigenvalue weighted by atomic mass is 35.5. The predicted octanol–water partition coefficient (Wildman–Crippen LogP) is -1.83. The van der Waals surface area contributed by atoms with Gasteiger partial charge in [0.15, 0.2) is 0 Å². The first-order valence-electron chi connectivity index (χ1n) is 8.60. The van der Waals surface area contributed by atoms with Crippen molar-refractivity contribution in [3.05, 3.63) is 71.4 Å². The zero-order valence-electron chi connectivity index (χ0n) is 15.2. The minimum Gasteiger partial charge on any atom is -1.00 e. The Kier molecular flexibility index (Phi) is 8.26. The van der Waals surface area contributed by atoms with Crippen LogP contribution in [0.5, 0.6) is 5.75 Å². The number of aromatic amines is 1. The average Bonchev–Trinajstić information content (AvgIpc) is 3.14. The van der Waals surface area contributed by atoms with Gasteiger partial charge in [0, 0.05) is 19.6 Å². The number of hydrogen-bond acceptors (Lipinski definition) is 6. The molecule has 0 aliphatic carbocycles. The number of rotatable bonds is 9. The number of carbonyl (C=O) groups excluding carboxylic acids is 1. The molecule has 0 fully saturated rings. The first-order valence-corrected chi connectivity index (χ1v) is 8.60. The molecule has 3 aromatic rings. The maximum Gasteiger partial charge on any atom is 0.322 e. The molecular formula is C19H22ClN5O3. The van der Waals surface area contributed by atoms with E-state index >= 15 is 0 Å². The van der Waals surface area contributed by atoms with Crippen molar-refractivity contribution in [2.75, 3.05) is 18.8 Å². The first kappa shape index (κ1) is 21.2. The average molecular weight is 404 g/mol. The Hall–Kier alpha value is -3.10. The molecule has 28 heavy (non-hydrogen) atoms. The SMILES string of the molecule is Nc1[nH+]onc1C(=O)NCCNCc1ccc(OCc2ccccc2)cc1.[Cl-]. The maximum atomic E-state index is 11.8. The number of anilines is 1. The van der Waals surface area contributed by atoms with Crippen molar-refractivity contribution in [2.24, 2.45) is 0 Å². The van der Waals surface area contributed by atoms with Crippen LogP contribution in [0.3, 0.4) is 0 Å². The molecule has 0 spiro atoms. The molecule has 0 saturated carbocycles. The third-order valence-electron chi connectivity index (χ3n) is 3.85. The Bertz CT molecular complexity index is 856. The van der Waals surface area contributed by atoms with Crippen molar-refractivity contribution in [3.63, 3.8) is 0 Å². The van der Waals surface area contributed by atoms with Crippen LogP contribution in [0.4, 0.5) is 5.82 Å². The molecule has 0 saturated heterocycles. The fourth-order valence-corrected chi connectivity index (χ4v) is 2.40. The van der Waals surface area contributed by atoms with E-state index in [9.17, 15) is 4.79 Å². The number of nitrogens with one attached hydrogen (secondary N) is 3. The van der Waals surface area contributed by atoms with Crippen LogP contribution in [-0.4, -0.2) is 24.2 Å². The summed E-state index contributed by atoms with van der Waals surface area (Å²) >= 11 is 0. The van der Waals surface area contributed by atoms with E-state index in [2.05, 4.69) is 25.6 Å². The number of halogens is 1. The third kappa shape index (κ3) is 6.26. The lowest BCUT2D eigenvalue weighted by molar-refractivity contribution is -0.610. The van der Waals surface area contributed by atoms with Gasteiger partial charge in [0.25, 0.3) is 5.91 Å². The fourth-order valence-electron chi connectivity index (χ4n) is 2.40. The predicted molar refractivity (Wildman–Crippen MR) is 98.7 cm³/mol. The highest BCUT2D eigenvalue weighted by Crippen LogP contribution is 2.14. The fraction of sp³-hybridized carbons (Fsp3) is 0.211. The van der Waals surface area contributed by atoms with E-state index in [0.29, 0.717) is 26.2 Å². The van der Waals surface area contributed by atoms with Crippen molar-refractivity contribution in [1.29, 1.82) is 0 Å². The van der Waals surface area contributed by atoms with E-state index < -0.39 is 0 Å². The molecule has 2 aromatic carbocycles. The monoisotopic (exact) mass is 403 g/mol. The molecule has 0 bridgehead atoms. The second-order valence-electron chi connectivity index (χ2n) is 5.90. The van der Waals surface area contributed by atoms with Crippen molar-refractivity contribution in [3.8, 4) is 5.75 Å². The number of nitrogens with two attached hydrogens (primary N) is 1. The van der Waals surface area contributed by atoms with Gasteiger partial charge in [0.1, 0.15) is 17.5 Å². The van der Waals surface area contributed by atoms with Gasteiger partial charge >= 0.3 is 11.5 Å². The number of benzene rings is 2. The minimum absolute atomic E-state index is 0. The summed E-state index contributed by atoms with van der Waals surface area (Å²) in [5, 5.41) is 11.8. The van der Waals surface area contributed by atoms with Crippen molar-refractivity contribution < 1.29 is 31.7 Å². The normalized spacial score (nSPS) is 10.1. The number of aromatic nitrogens is 2. The Morgan fingerprint density at radius 2 is 1.82 bits per heavy atom. The summed E-state index contributed by atoms with van der Waals surface area (Å²) in [6.45, 7) is 2.30. The molecule has 5 N–H and O–H groups in total. The van der Waals surface area contributed by atoms with Gasteiger partial charge in [-0.2, -0.15) is 0 Å². The van der Waals surface area contributed by atoms with Crippen molar-refractivity contribution in [1.82, 2.24) is 15.8 Å². The molecule has 148 valence electrons. The van der Waals surface area contributed by atoms with Crippen LogP contribution in [0.1, 0.15) is 21.6 Å². The number of nitrogen functional groups attached to an aromatic ring is 1. The Balaban J connectivity index is 0.00000280. The molecule has 9 heteroatoms. The number of amides is 1. The molecular weight excluding hydrogens is 382 g/mol. The summed E-state index contributed by atoms with van der Waals surface area (Å²) in [5.41, 5.74) is 7.84.